The molecule has 1 aliphatic heterocycles. The van der Waals surface area contributed by atoms with Gasteiger partial charge in [-0.15, -0.1) is 0 Å². The van der Waals surface area contributed by atoms with Crippen molar-refractivity contribution in [3.05, 3.63) is 59.7 Å². The van der Waals surface area contributed by atoms with Crippen LogP contribution >= 0.6 is 0 Å². The van der Waals surface area contributed by atoms with Crippen LogP contribution in [0.1, 0.15) is 31.4 Å². The molecule has 0 aliphatic carbocycles. The Kier molecular flexibility index (Phi) is 5.52. The molecule has 2 unspecified atom stereocenters. The molecule has 1 heterocycles. The van der Waals surface area contributed by atoms with Gasteiger partial charge in [0, 0.05) is 17.8 Å². The average molecular weight is 360 g/mol. The third kappa shape index (κ3) is 3.85. The van der Waals surface area contributed by atoms with E-state index in [0.29, 0.717) is 0 Å². The summed E-state index contributed by atoms with van der Waals surface area (Å²) in [5.41, 5.74) is 1.39. The molecule has 0 radical (unpaired) electrons. The van der Waals surface area contributed by atoms with Gasteiger partial charge in [0.25, 0.3) is 0 Å². The van der Waals surface area contributed by atoms with Gasteiger partial charge in [0.1, 0.15) is 5.75 Å². The van der Waals surface area contributed by atoms with E-state index in [-0.39, 0.29) is 17.6 Å². The van der Waals surface area contributed by atoms with Crippen molar-refractivity contribution in [1.82, 2.24) is 4.90 Å². The summed E-state index contributed by atoms with van der Waals surface area (Å²) in [4.78, 5) is 14.7. The molecule has 0 aromatic heterocycles. The zero-order chi connectivity index (χ0) is 18.7. The molecule has 1 fully saturated rings. The predicted octanol–water partition coefficient (Wildman–Crippen LogP) is 4.14. The van der Waals surface area contributed by atoms with Gasteiger partial charge in [0.05, 0.1) is 13.2 Å². The molecule has 2 aromatic rings. The van der Waals surface area contributed by atoms with Crippen LogP contribution in [0.2, 0.25) is 0 Å². The van der Waals surface area contributed by atoms with E-state index in [9.17, 15) is 13.6 Å². The van der Waals surface area contributed by atoms with Gasteiger partial charge in [0.15, 0.2) is 11.6 Å². The Bertz CT molecular complexity index is 780. The number of anilines is 1. The van der Waals surface area contributed by atoms with Gasteiger partial charge in [-0.2, -0.15) is 0 Å². The van der Waals surface area contributed by atoms with E-state index in [2.05, 4.69) is 10.2 Å². The lowest BCUT2D eigenvalue weighted by Gasteiger charge is -2.30. The molecular weight excluding hydrogens is 338 g/mol. The number of methoxy groups -OCH3 is 1. The molecule has 0 bridgehead atoms. The number of carbonyl (C=O) groups excluding carboxylic acids is 1. The first-order valence-electron chi connectivity index (χ1n) is 8.65. The summed E-state index contributed by atoms with van der Waals surface area (Å²) in [6.45, 7) is 2.64. The average Bonchev–Trinajstić information content (AvgIpc) is 3.14. The fourth-order valence-electron chi connectivity index (χ4n) is 3.41. The fraction of sp³-hybridized carbons (Fsp3) is 0.350. The standard InChI is InChI=1S/C20H22F2N2O2/c1-13(20(25)23-15-7-10-17(21)18(22)12-15)24-11-3-4-19(24)14-5-8-16(26-2)9-6-14/h5-10,12-13,19H,3-4,11H2,1-2H3,(H,23,25). The Morgan fingerprint density at radius 1 is 1.19 bits per heavy atom. The van der Waals surface area contributed by atoms with Crippen LogP contribution in [0.5, 0.6) is 5.75 Å². The Morgan fingerprint density at radius 3 is 2.58 bits per heavy atom. The monoisotopic (exact) mass is 360 g/mol. The maximum atomic E-state index is 13.3. The van der Waals surface area contributed by atoms with Crippen LogP contribution in [0.25, 0.3) is 0 Å². The minimum atomic E-state index is -0.979. The van der Waals surface area contributed by atoms with Crippen LogP contribution in [-0.4, -0.2) is 30.5 Å². The van der Waals surface area contributed by atoms with Crippen LogP contribution in [0.15, 0.2) is 42.5 Å². The fourth-order valence-corrected chi connectivity index (χ4v) is 3.41. The van der Waals surface area contributed by atoms with Crippen molar-refractivity contribution in [3.8, 4) is 5.75 Å². The van der Waals surface area contributed by atoms with Crippen molar-refractivity contribution in [2.75, 3.05) is 19.0 Å². The van der Waals surface area contributed by atoms with E-state index in [1.807, 2.05) is 31.2 Å². The number of hydrogen-bond donors (Lipinski definition) is 1. The first-order valence-corrected chi connectivity index (χ1v) is 8.65. The number of likely N-dealkylation sites (tertiary alicyclic amines) is 1. The molecule has 2 atom stereocenters. The first-order chi connectivity index (χ1) is 12.5. The minimum absolute atomic E-state index is 0.145. The SMILES string of the molecule is COc1ccc(C2CCCN2C(C)C(=O)Nc2ccc(F)c(F)c2)cc1. The number of amides is 1. The van der Waals surface area contributed by atoms with Crippen molar-refractivity contribution in [2.24, 2.45) is 0 Å². The quantitative estimate of drug-likeness (QED) is 0.871. The third-order valence-electron chi connectivity index (χ3n) is 4.86. The molecule has 1 N–H and O–H groups in total. The van der Waals surface area contributed by atoms with Crippen LogP contribution in [0.4, 0.5) is 14.5 Å². The lowest BCUT2D eigenvalue weighted by molar-refractivity contribution is -0.121. The lowest BCUT2D eigenvalue weighted by atomic mass is 10.0. The van der Waals surface area contributed by atoms with Gasteiger partial charge < -0.3 is 10.1 Å². The van der Waals surface area contributed by atoms with Gasteiger partial charge in [-0.1, -0.05) is 12.1 Å². The summed E-state index contributed by atoms with van der Waals surface area (Å²) in [6.07, 6.45) is 1.97. The van der Waals surface area contributed by atoms with E-state index in [1.165, 1.54) is 6.07 Å². The van der Waals surface area contributed by atoms with E-state index in [0.717, 1.165) is 42.8 Å². The highest BCUT2D eigenvalue weighted by Gasteiger charge is 2.33. The van der Waals surface area contributed by atoms with Gasteiger partial charge >= 0.3 is 0 Å². The zero-order valence-electron chi connectivity index (χ0n) is 14.8. The smallest absolute Gasteiger partial charge is 0.241 e. The first kappa shape index (κ1) is 18.3. The molecule has 4 nitrogen and oxygen atoms in total. The van der Waals surface area contributed by atoms with E-state index in [1.54, 1.807) is 7.11 Å². The van der Waals surface area contributed by atoms with E-state index >= 15 is 0 Å². The van der Waals surface area contributed by atoms with Gasteiger partial charge in [-0.3, -0.25) is 9.69 Å². The highest BCUT2D eigenvalue weighted by atomic mass is 19.2. The van der Waals surface area contributed by atoms with Crippen LogP contribution in [0, 0.1) is 11.6 Å². The molecule has 0 saturated carbocycles. The Balaban J connectivity index is 1.71. The number of carbonyl (C=O) groups is 1. The molecule has 6 heteroatoms. The minimum Gasteiger partial charge on any atom is -0.497 e. The number of nitrogens with one attached hydrogen (secondary N) is 1. The molecule has 1 aliphatic rings. The summed E-state index contributed by atoms with van der Waals surface area (Å²) in [6, 6.07) is 11.0. The van der Waals surface area contributed by atoms with E-state index in [4.69, 9.17) is 4.74 Å². The maximum absolute atomic E-state index is 13.3. The highest BCUT2D eigenvalue weighted by molar-refractivity contribution is 5.94. The normalized spacial score (nSPS) is 18.5. The van der Waals surface area contributed by atoms with Gasteiger partial charge in [-0.05, 0) is 56.1 Å². The maximum Gasteiger partial charge on any atom is 0.241 e. The number of hydrogen-bond acceptors (Lipinski definition) is 3. The number of ether oxygens (including phenoxy) is 1. The molecular formula is C20H22F2N2O2. The van der Waals surface area contributed by atoms with Crippen LogP contribution < -0.4 is 10.1 Å². The Morgan fingerprint density at radius 2 is 1.92 bits per heavy atom. The van der Waals surface area contributed by atoms with Crippen molar-refractivity contribution >= 4 is 11.6 Å². The largest absolute Gasteiger partial charge is 0.497 e. The van der Waals surface area contributed by atoms with Crippen molar-refractivity contribution in [1.29, 1.82) is 0 Å². The molecule has 1 saturated heterocycles. The Labute approximate surface area is 151 Å². The Hall–Kier alpha value is -2.47. The molecule has 26 heavy (non-hydrogen) atoms. The molecule has 0 spiro atoms. The summed E-state index contributed by atoms with van der Waals surface area (Å²) in [7, 11) is 1.63. The van der Waals surface area contributed by atoms with Crippen LogP contribution in [0.3, 0.4) is 0 Å². The topological polar surface area (TPSA) is 41.6 Å². The number of rotatable bonds is 5. The summed E-state index contributed by atoms with van der Waals surface area (Å²) in [5.74, 6) is -1.36. The summed E-state index contributed by atoms with van der Waals surface area (Å²) >= 11 is 0. The van der Waals surface area contributed by atoms with Crippen molar-refractivity contribution in [3.63, 3.8) is 0 Å². The number of benzene rings is 2. The molecule has 2 aromatic carbocycles. The summed E-state index contributed by atoms with van der Waals surface area (Å²) < 4.78 is 31.6. The molecule has 1 amide bonds. The van der Waals surface area contributed by atoms with Gasteiger partial charge in [0.2, 0.25) is 5.91 Å². The third-order valence-corrected chi connectivity index (χ3v) is 4.86. The lowest BCUT2D eigenvalue weighted by Crippen LogP contribution is -2.41. The molecule has 3 rings (SSSR count). The second-order valence-corrected chi connectivity index (χ2v) is 6.46. The number of halogens is 2. The second kappa shape index (κ2) is 7.83. The van der Waals surface area contributed by atoms with Crippen molar-refractivity contribution in [2.45, 2.75) is 31.8 Å². The summed E-state index contributed by atoms with van der Waals surface area (Å²) in [5, 5.41) is 2.67. The highest BCUT2D eigenvalue weighted by Crippen LogP contribution is 2.34. The zero-order valence-corrected chi connectivity index (χ0v) is 14.8. The van der Waals surface area contributed by atoms with Crippen LogP contribution in [-0.2, 0) is 4.79 Å². The van der Waals surface area contributed by atoms with Gasteiger partial charge in [-0.25, -0.2) is 8.78 Å². The second-order valence-electron chi connectivity index (χ2n) is 6.46. The predicted molar refractivity (Wildman–Crippen MR) is 96.1 cm³/mol. The number of nitrogens with zero attached hydrogens (tertiary/aromatic N) is 1. The van der Waals surface area contributed by atoms with E-state index < -0.39 is 17.7 Å². The van der Waals surface area contributed by atoms with Crippen molar-refractivity contribution < 1.29 is 18.3 Å². The molecule has 138 valence electrons.